The van der Waals surface area contributed by atoms with Gasteiger partial charge in [-0.3, -0.25) is 0 Å². The average Bonchev–Trinajstić information content (AvgIpc) is 2.96. The number of sulfonamides is 1. The van der Waals surface area contributed by atoms with Crippen molar-refractivity contribution in [3.05, 3.63) is 0 Å². The summed E-state index contributed by atoms with van der Waals surface area (Å²) in [5.41, 5.74) is 0.294. The van der Waals surface area contributed by atoms with Gasteiger partial charge in [-0.05, 0) is 37.0 Å². The SMILES string of the molecule is O=S(=O)(CCO)NCC1(C2CC2)CC1. The van der Waals surface area contributed by atoms with Crippen LogP contribution >= 0.6 is 0 Å². The van der Waals surface area contributed by atoms with Crippen molar-refractivity contribution in [1.82, 2.24) is 4.72 Å². The van der Waals surface area contributed by atoms with Crippen LogP contribution in [0.4, 0.5) is 0 Å². The maximum atomic E-state index is 11.3. The summed E-state index contributed by atoms with van der Waals surface area (Å²) in [5.74, 6) is 0.590. The second-order valence-corrected chi connectivity index (χ2v) is 6.43. The lowest BCUT2D eigenvalue weighted by Crippen LogP contribution is -2.33. The predicted octanol–water partition coefficient (Wildman–Crippen LogP) is 0.0883. The van der Waals surface area contributed by atoms with Crippen LogP contribution in [0.2, 0.25) is 0 Å². The molecule has 5 heteroatoms. The molecule has 0 atom stereocenters. The molecule has 0 aromatic carbocycles. The lowest BCUT2D eigenvalue weighted by molar-refractivity contribution is 0.318. The second-order valence-electron chi connectivity index (χ2n) is 4.50. The van der Waals surface area contributed by atoms with E-state index < -0.39 is 10.0 Å². The van der Waals surface area contributed by atoms with Gasteiger partial charge in [0.25, 0.3) is 0 Å². The molecule has 0 aromatic rings. The molecule has 0 bridgehead atoms. The molecule has 0 aliphatic heterocycles. The molecule has 14 heavy (non-hydrogen) atoms. The summed E-state index contributed by atoms with van der Waals surface area (Å²) < 4.78 is 25.2. The molecule has 2 N–H and O–H groups in total. The molecule has 0 aromatic heterocycles. The Hall–Kier alpha value is -0.130. The number of hydrogen-bond acceptors (Lipinski definition) is 3. The zero-order valence-corrected chi connectivity index (χ0v) is 9.02. The first-order valence-corrected chi connectivity index (χ1v) is 6.81. The molecule has 2 saturated carbocycles. The summed E-state index contributed by atoms with van der Waals surface area (Å²) in [4.78, 5) is 0. The quantitative estimate of drug-likeness (QED) is 0.665. The van der Waals surface area contributed by atoms with Crippen molar-refractivity contribution in [2.24, 2.45) is 11.3 Å². The minimum atomic E-state index is -3.23. The van der Waals surface area contributed by atoms with Crippen LogP contribution in [-0.2, 0) is 10.0 Å². The van der Waals surface area contributed by atoms with E-state index in [2.05, 4.69) is 4.72 Å². The molecule has 82 valence electrons. The van der Waals surface area contributed by atoms with E-state index in [1.54, 1.807) is 0 Å². The van der Waals surface area contributed by atoms with Crippen LogP contribution in [0.15, 0.2) is 0 Å². The van der Waals surface area contributed by atoms with Crippen LogP contribution in [0, 0.1) is 11.3 Å². The lowest BCUT2D eigenvalue weighted by atomic mass is 10.0. The number of aliphatic hydroxyl groups is 1. The number of hydrogen-bond donors (Lipinski definition) is 2. The Balaban J connectivity index is 1.82. The van der Waals surface area contributed by atoms with E-state index in [0.717, 1.165) is 5.92 Å². The Labute approximate surface area is 84.8 Å². The third-order valence-electron chi connectivity index (χ3n) is 3.34. The molecule has 0 amide bonds. The Morgan fingerprint density at radius 3 is 2.43 bits per heavy atom. The summed E-state index contributed by atoms with van der Waals surface area (Å²) >= 11 is 0. The van der Waals surface area contributed by atoms with Crippen molar-refractivity contribution in [3.8, 4) is 0 Å². The van der Waals surface area contributed by atoms with Gasteiger partial charge in [0.05, 0.1) is 12.4 Å². The van der Waals surface area contributed by atoms with Crippen molar-refractivity contribution in [2.45, 2.75) is 25.7 Å². The minimum absolute atomic E-state index is 0.173. The van der Waals surface area contributed by atoms with Crippen molar-refractivity contribution in [1.29, 1.82) is 0 Å². The molecule has 0 saturated heterocycles. The van der Waals surface area contributed by atoms with E-state index in [4.69, 9.17) is 5.11 Å². The zero-order valence-electron chi connectivity index (χ0n) is 8.20. The third-order valence-corrected chi connectivity index (χ3v) is 4.64. The normalized spacial score (nSPS) is 24.9. The van der Waals surface area contributed by atoms with Gasteiger partial charge in [0.15, 0.2) is 0 Å². The largest absolute Gasteiger partial charge is 0.395 e. The van der Waals surface area contributed by atoms with Gasteiger partial charge >= 0.3 is 0 Å². The maximum Gasteiger partial charge on any atom is 0.213 e. The maximum absolute atomic E-state index is 11.3. The number of nitrogens with one attached hydrogen (secondary N) is 1. The smallest absolute Gasteiger partial charge is 0.213 e. The van der Waals surface area contributed by atoms with Crippen LogP contribution in [-0.4, -0.2) is 32.4 Å². The topological polar surface area (TPSA) is 66.4 Å². The van der Waals surface area contributed by atoms with E-state index in [9.17, 15) is 8.42 Å². The minimum Gasteiger partial charge on any atom is -0.395 e. The van der Waals surface area contributed by atoms with Gasteiger partial charge in [-0.1, -0.05) is 0 Å². The van der Waals surface area contributed by atoms with Gasteiger partial charge in [0.2, 0.25) is 10.0 Å². The summed E-state index contributed by atoms with van der Waals surface area (Å²) in [6.45, 7) is 0.283. The highest BCUT2D eigenvalue weighted by Crippen LogP contribution is 2.60. The Kier molecular flexibility index (Phi) is 2.57. The van der Waals surface area contributed by atoms with Gasteiger partial charge in [-0.25, -0.2) is 13.1 Å². The van der Waals surface area contributed by atoms with Crippen LogP contribution in [0.25, 0.3) is 0 Å². The van der Waals surface area contributed by atoms with E-state index in [-0.39, 0.29) is 12.4 Å². The first-order chi connectivity index (χ1) is 6.58. The van der Waals surface area contributed by atoms with Crippen LogP contribution < -0.4 is 4.72 Å². The Morgan fingerprint density at radius 2 is 2.00 bits per heavy atom. The molecule has 0 spiro atoms. The third kappa shape index (κ3) is 2.27. The van der Waals surface area contributed by atoms with Crippen molar-refractivity contribution in [3.63, 3.8) is 0 Å². The van der Waals surface area contributed by atoms with Crippen LogP contribution in [0.5, 0.6) is 0 Å². The van der Waals surface area contributed by atoms with Gasteiger partial charge in [0, 0.05) is 6.54 Å². The average molecular weight is 219 g/mol. The highest BCUT2D eigenvalue weighted by molar-refractivity contribution is 7.89. The summed E-state index contributed by atoms with van der Waals surface area (Å²) in [6.07, 6.45) is 4.86. The Morgan fingerprint density at radius 1 is 1.36 bits per heavy atom. The lowest BCUT2D eigenvalue weighted by Gasteiger charge is -2.14. The predicted molar refractivity (Wildman–Crippen MR) is 53.3 cm³/mol. The fourth-order valence-corrected chi connectivity index (χ4v) is 2.92. The highest BCUT2D eigenvalue weighted by Gasteiger charge is 2.53. The van der Waals surface area contributed by atoms with Gasteiger partial charge in [-0.15, -0.1) is 0 Å². The second kappa shape index (κ2) is 3.47. The molecule has 0 radical (unpaired) electrons. The number of aliphatic hydroxyl groups excluding tert-OH is 1. The first kappa shape index (κ1) is 10.4. The van der Waals surface area contributed by atoms with Crippen LogP contribution in [0.1, 0.15) is 25.7 Å². The molecular weight excluding hydrogens is 202 g/mol. The van der Waals surface area contributed by atoms with Crippen LogP contribution in [0.3, 0.4) is 0 Å². The van der Waals surface area contributed by atoms with E-state index in [1.165, 1.54) is 25.7 Å². The molecule has 2 fully saturated rings. The fourth-order valence-electron chi connectivity index (χ4n) is 2.03. The molecule has 0 unspecified atom stereocenters. The number of rotatable bonds is 6. The molecule has 2 rings (SSSR count). The summed E-state index contributed by atoms with van der Waals surface area (Å²) in [6, 6.07) is 0. The molecule has 0 heterocycles. The van der Waals surface area contributed by atoms with Crippen molar-refractivity contribution >= 4 is 10.0 Å². The summed E-state index contributed by atoms with van der Waals surface area (Å²) in [7, 11) is -3.23. The zero-order chi connectivity index (χ0) is 10.2. The highest BCUT2D eigenvalue weighted by atomic mass is 32.2. The first-order valence-electron chi connectivity index (χ1n) is 5.16. The van der Waals surface area contributed by atoms with Gasteiger partial charge in [-0.2, -0.15) is 0 Å². The molecule has 4 nitrogen and oxygen atoms in total. The standard InChI is InChI=1S/C9H17NO3S/c11-5-6-14(12,13)10-7-9(3-4-9)8-1-2-8/h8,10-11H,1-7H2. The van der Waals surface area contributed by atoms with Gasteiger partial charge < -0.3 is 5.11 Å². The molecular formula is C9H17NO3S. The summed E-state index contributed by atoms with van der Waals surface area (Å²) in [5, 5.41) is 8.55. The molecule has 2 aliphatic rings. The van der Waals surface area contributed by atoms with Crippen molar-refractivity contribution < 1.29 is 13.5 Å². The van der Waals surface area contributed by atoms with Crippen molar-refractivity contribution in [2.75, 3.05) is 18.9 Å². The Bertz CT molecular complexity index is 304. The molecule has 2 aliphatic carbocycles. The van der Waals surface area contributed by atoms with E-state index in [0.29, 0.717) is 12.0 Å². The fraction of sp³-hybridized carbons (Fsp3) is 1.00. The van der Waals surface area contributed by atoms with E-state index >= 15 is 0 Å². The van der Waals surface area contributed by atoms with E-state index in [1.807, 2.05) is 0 Å². The van der Waals surface area contributed by atoms with Gasteiger partial charge in [0.1, 0.15) is 0 Å². The monoisotopic (exact) mass is 219 g/mol.